The Morgan fingerprint density at radius 3 is 2.60 bits per heavy atom. The third-order valence-corrected chi connectivity index (χ3v) is 4.00. The highest BCUT2D eigenvalue weighted by atomic mass is 16.2. The Morgan fingerprint density at radius 1 is 1.04 bits per heavy atom. The summed E-state index contributed by atoms with van der Waals surface area (Å²) in [6.45, 7) is 3.19. The predicted molar refractivity (Wildman–Crippen MR) is 99.1 cm³/mol. The van der Waals surface area contributed by atoms with Crippen molar-refractivity contribution in [1.29, 1.82) is 0 Å². The third-order valence-electron chi connectivity index (χ3n) is 4.00. The molecule has 0 spiro atoms. The number of H-pyrrole nitrogens is 1. The number of urea groups is 1. The molecule has 3 rings (SSSR count). The van der Waals surface area contributed by atoms with Crippen LogP contribution in [0.2, 0.25) is 0 Å². The minimum atomic E-state index is -0.148. The predicted octanol–water partition coefficient (Wildman–Crippen LogP) is 3.43. The summed E-state index contributed by atoms with van der Waals surface area (Å²) in [4.78, 5) is 11.9. The van der Waals surface area contributed by atoms with Gasteiger partial charge in [-0.3, -0.25) is 5.10 Å². The lowest BCUT2D eigenvalue weighted by molar-refractivity contribution is 0.240. The Labute approximate surface area is 147 Å². The summed E-state index contributed by atoms with van der Waals surface area (Å²) in [5, 5.41) is 12.7. The van der Waals surface area contributed by atoms with E-state index in [4.69, 9.17) is 0 Å². The molecule has 0 radical (unpaired) electrons. The molecule has 5 nitrogen and oxygen atoms in total. The highest BCUT2D eigenvalue weighted by Crippen LogP contribution is 2.16. The highest BCUT2D eigenvalue weighted by Gasteiger charge is 2.02. The average molecular weight is 334 g/mol. The Morgan fingerprint density at radius 2 is 1.88 bits per heavy atom. The van der Waals surface area contributed by atoms with E-state index in [-0.39, 0.29) is 6.03 Å². The zero-order valence-electron chi connectivity index (χ0n) is 14.3. The van der Waals surface area contributed by atoms with Gasteiger partial charge in [-0.1, -0.05) is 54.1 Å². The fourth-order valence-corrected chi connectivity index (χ4v) is 2.65. The third kappa shape index (κ3) is 4.94. The van der Waals surface area contributed by atoms with Gasteiger partial charge in [0.15, 0.2) is 0 Å². The number of hydrogen-bond donors (Lipinski definition) is 3. The van der Waals surface area contributed by atoms with Gasteiger partial charge >= 0.3 is 6.03 Å². The number of rotatable bonds is 6. The molecule has 3 N–H and O–H groups in total. The minimum absolute atomic E-state index is 0.148. The van der Waals surface area contributed by atoms with E-state index in [1.54, 1.807) is 6.20 Å². The number of nitrogens with one attached hydrogen (secondary N) is 3. The number of aromatic amines is 1. The minimum Gasteiger partial charge on any atom is -0.338 e. The maximum atomic E-state index is 11.9. The summed E-state index contributed by atoms with van der Waals surface area (Å²) in [6.07, 6.45) is 2.56. The van der Waals surface area contributed by atoms with Gasteiger partial charge in [-0.25, -0.2) is 4.79 Å². The van der Waals surface area contributed by atoms with Crippen molar-refractivity contribution >= 4 is 6.03 Å². The topological polar surface area (TPSA) is 69.8 Å². The van der Waals surface area contributed by atoms with Crippen LogP contribution in [0.4, 0.5) is 4.79 Å². The Kier molecular flexibility index (Phi) is 5.46. The summed E-state index contributed by atoms with van der Waals surface area (Å²) in [5.74, 6) is 0. The van der Waals surface area contributed by atoms with Crippen LogP contribution in [0.5, 0.6) is 0 Å². The zero-order chi connectivity index (χ0) is 17.5. The first-order chi connectivity index (χ1) is 12.2. The molecule has 2 amide bonds. The first-order valence-corrected chi connectivity index (χ1v) is 8.36. The molecule has 1 heterocycles. The van der Waals surface area contributed by atoms with Gasteiger partial charge in [0.25, 0.3) is 0 Å². The van der Waals surface area contributed by atoms with Crippen LogP contribution in [-0.4, -0.2) is 22.8 Å². The summed E-state index contributed by atoms with van der Waals surface area (Å²) in [6, 6.07) is 18.1. The molecule has 3 aromatic rings. The standard InChI is InChI=1S/C20H22N4O/c1-15-3-2-4-16(13-15)9-11-21-20(25)22-14-17-5-7-18(8-6-17)19-10-12-23-24-19/h2-8,10,12-13H,9,11,14H2,1H3,(H,23,24)(H2,21,22,25). The maximum absolute atomic E-state index is 11.9. The van der Waals surface area contributed by atoms with E-state index in [0.717, 1.165) is 23.2 Å². The number of amides is 2. The largest absolute Gasteiger partial charge is 0.338 e. The number of carbonyl (C=O) groups is 1. The van der Waals surface area contributed by atoms with E-state index in [1.807, 2.05) is 36.4 Å². The molecule has 128 valence electrons. The number of carbonyl (C=O) groups excluding carboxylic acids is 1. The van der Waals surface area contributed by atoms with Gasteiger partial charge < -0.3 is 10.6 Å². The van der Waals surface area contributed by atoms with Gasteiger partial charge in [0.2, 0.25) is 0 Å². The van der Waals surface area contributed by atoms with Crippen molar-refractivity contribution in [3.8, 4) is 11.3 Å². The Balaban J connectivity index is 1.41. The van der Waals surface area contributed by atoms with E-state index in [9.17, 15) is 4.79 Å². The van der Waals surface area contributed by atoms with Crippen molar-refractivity contribution in [3.05, 3.63) is 77.5 Å². The van der Waals surface area contributed by atoms with Gasteiger partial charge in [0.05, 0.1) is 5.69 Å². The molecule has 0 atom stereocenters. The Bertz CT molecular complexity index is 810. The van der Waals surface area contributed by atoms with Crippen molar-refractivity contribution in [2.24, 2.45) is 0 Å². The van der Waals surface area contributed by atoms with Crippen LogP contribution in [-0.2, 0) is 13.0 Å². The average Bonchev–Trinajstić information content (AvgIpc) is 3.15. The molecule has 5 heteroatoms. The van der Waals surface area contributed by atoms with Crippen LogP contribution >= 0.6 is 0 Å². The second kappa shape index (κ2) is 8.15. The summed E-state index contributed by atoms with van der Waals surface area (Å²) >= 11 is 0. The van der Waals surface area contributed by atoms with E-state index in [1.165, 1.54) is 11.1 Å². The maximum Gasteiger partial charge on any atom is 0.315 e. The lowest BCUT2D eigenvalue weighted by Crippen LogP contribution is -2.36. The fourth-order valence-electron chi connectivity index (χ4n) is 2.65. The van der Waals surface area contributed by atoms with E-state index in [2.05, 4.69) is 46.0 Å². The summed E-state index contributed by atoms with van der Waals surface area (Å²) < 4.78 is 0. The van der Waals surface area contributed by atoms with Crippen LogP contribution < -0.4 is 10.6 Å². The number of hydrogen-bond acceptors (Lipinski definition) is 2. The van der Waals surface area contributed by atoms with Crippen LogP contribution in [0.1, 0.15) is 16.7 Å². The number of aryl methyl sites for hydroxylation is 1. The SMILES string of the molecule is Cc1cccc(CCNC(=O)NCc2ccc(-c3ccn[nH]3)cc2)c1. The summed E-state index contributed by atoms with van der Waals surface area (Å²) in [5.41, 5.74) is 5.57. The molecular formula is C20H22N4O. The second-order valence-corrected chi connectivity index (χ2v) is 6.02. The van der Waals surface area contributed by atoms with Crippen LogP contribution in [0, 0.1) is 6.92 Å². The first kappa shape index (κ1) is 16.8. The van der Waals surface area contributed by atoms with Gasteiger partial charge in [-0.05, 0) is 36.1 Å². The van der Waals surface area contributed by atoms with Gasteiger partial charge in [0.1, 0.15) is 0 Å². The second-order valence-electron chi connectivity index (χ2n) is 6.02. The van der Waals surface area contributed by atoms with Crippen LogP contribution in [0.15, 0.2) is 60.8 Å². The fraction of sp³-hybridized carbons (Fsp3) is 0.200. The van der Waals surface area contributed by atoms with E-state index >= 15 is 0 Å². The van der Waals surface area contributed by atoms with Gasteiger partial charge in [-0.2, -0.15) is 5.10 Å². The molecule has 0 fully saturated rings. The number of benzene rings is 2. The van der Waals surface area contributed by atoms with E-state index in [0.29, 0.717) is 13.1 Å². The lowest BCUT2D eigenvalue weighted by atomic mass is 10.1. The normalized spacial score (nSPS) is 10.4. The number of aromatic nitrogens is 2. The van der Waals surface area contributed by atoms with Crippen molar-refractivity contribution in [2.45, 2.75) is 19.9 Å². The van der Waals surface area contributed by atoms with Crippen LogP contribution in [0.25, 0.3) is 11.3 Å². The van der Waals surface area contributed by atoms with E-state index < -0.39 is 0 Å². The first-order valence-electron chi connectivity index (χ1n) is 8.36. The highest BCUT2D eigenvalue weighted by molar-refractivity contribution is 5.73. The smallest absolute Gasteiger partial charge is 0.315 e. The molecule has 0 aliphatic heterocycles. The van der Waals surface area contributed by atoms with Crippen molar-refractivity contribution < 1.29 is 4.79 Å². The molecule has 0 saturated heterocycles. The molecule has 0 unspecified atom stereocenters. The zero-order valence-corrected chi connectivity index (χ0v) is 14.3. The lowest BCUT2D eigenvalue weighted by Gasteiger charge is -2.08. The van der Waals surface area contributed by atoms with Crippen molar-refractivity contribution in [1.82, 2.24) is 20.8 Å². The number of nitrogens with zero attached hydrogens (tertiary/aromatic N) is 1. The molecule has 1 aromatic heterocycles. The molecule has 0 saturated carbocycles. The molecule has 0 aliphatic rings. The molecule has 2 aromatic carbocycles. The van der Waals surface area contributed by atoms with Crippen molar-refractivity contribution in [2.75, 3.05) is 6.54 Å². The van der Waals surface area contributed by atoms with Crippen molar-refractivity contribution in [3.63, 3.8) is 0 Å². The molecule has 25 heavy (non-hydrogen) atoms. The Hall–Kier alpha value is -3.08. The van der Waals surface area contributed by atoms with Crippen LogP contribution in [0.3, 0.4) is 0 Å². The quantitative estimate of drug-likeness (QED) is 0.646. The monoisotopic (exact) mass is 334 g/mol. The summed E-state index contributed by atoms with van der Waals surface area (Å²) in [7, 11) is 0. The molecule has 0 bridgehead atoms. The molecular weight excluding hydrogens is 312 g/mol. The van der Waals surface area contributed by atoms with Gasteiger partial charge in [0, 0.05) is 19.3 Å². The van der Waals surface area contributed by atoms with Gasteiger partial charge in [-0.15, -0.1) is 0 Å². The molecule has 0 aliphatic carbocycles.